The van der Waals surface area contributed by atoms with Crippen molar-refractivity contribution in [3.63, 3.8) is 0 Å². The Morgan fingerprint density at radius 2 is 1.74 bits per heavy atom. The number of rotatable bonds is 3. The van der Waals surface area contributed by atoms with Crippen LogP contribution in [-0.4, -0.2) is 73.7 Å². The molecule has 3 aliphatic heterocycles. The SMILES string of the molecule is COC1(C(=O)N2CCCC(N3CCCC3)C2)CCNCC1.Cl.Cl. The summed E-state index contributed by atoms with van der Waals surface area (Å²) < 4.78 is 5.71. The van der Waals surface area contributed by atoms with Crippen molar-refractivity contribution in [3.05, 3.63) is 0 Å². The van der Waals surface area contributed by atoms with Gasteiger partial charge in [-0.05, 0) is 64.7 Å². The minimum atomic E-state index is -0.571. The Morgan fingerprint density at radius 3 is 2.35 bits per heavy atom. The maximum atomic E-state index is 13.0. The lowest BCUT2D eigenvalue weighted by atomic mass is 9.89. The number of likely N-dealkylation sites (tertiary alicyclic amines) is 2. The largest absolute Gasteiger partial charge is 0.368 e. The molecule has 1 amide bonds. The number of halogens is 2. The average Bonchev–Trinajstić information content (AvgIpc) is 3.09. The molecule has 1 N–H and O–H groups in total. The average molecular weight is 368 g/mol. The van der Waals surface area contributed by atoms with Gasteiger partial charge in [0.05, 0.1) is 0 Å². The summed E-state index contributed by atoms with van der Waals surface area (Å²) in [6, 6.07) is 0.570. The first kappa shape index (κ1) is 21.0. The maximum absolute atomic E-state index is 13.0. The van der Waals surface area contributed by atoms with E-state index in [0.717, 1.165) is 45.4 Å². The first-order valence-corrected chi connectivity index (χ1v) is 8.54. The van der Waals surface area contributed by atoms with Gasteiger partial charge in [0.1, 0.15) is 5.60 Å². The van der Waals surface area contributed by atoms with Crippen LogP contribution in [0.5, 0.6) is 0 Å². The summed E-state index contributed by atoms with van der Waals surface area (Å²) in [4.78, 5) is 17.7. The highest BCUT2D eigenvalue weighted by Gasteiger charge is 2.43. The van der Waals surface area contributed by atoms with Gasteiger partial charge in [-0.1, -0.05) is 0 Å². The van der Waals surface area contributed by atoms with Crippen molar-refractivity contribution >= 4 is 30.7 Å². The topological polar surface area (TPSA) is 44.8 Å². The maximum Gasteiger partial charge on any atom is 0.254 e. The van der Waals surface area contributed by atoms with Crippen molar-refractivity contribution in [1.29, 1.82) is 0 Å². The third-order valence-electron chi connectivity index (χ3n) is 5.53. The van der Waals surface area contributed by atoms with Gasteiger partial charge in [-0.3, -0.25) is 9.69 Å². The van der Waals surface area contributed by atoms with E-state index in [4.69, 9.17) is 4.74 Å². The van der Waals surface area contributed by atoms with Crippen LogP contribution in [0.25, 0.3) is 0 Å². The summed E-state index contributed by atoms with van der Waals surface area (Å²) in [6.07, 6.45) is 6.60. The molecule has 0 bridgehead atoms. The number of piperidine rings is 2. The van der Waals surface area contributed by atoms with Crippen LogP contribution in [-0.2, 0) is 9.53 Å². The lowest BCUT2D eigenvalue weighted by Crippen LogP contribution is -2.59. The Morgan fingerprint density at radius 1 is 1.09 bits per heavy atom. The molecule has 136 valence electrons. The molecular formula is C16H31Cl2N3O2. The number of ether oxygens (including phenoxy) is 1. The summed E-state index contributed by atoms with van der Waals surface area (Å²) >= 11 is 0. The van der Waals surface area contributed by atoms with E-state index < -0.39 is 5.60 Å². The first-order chi connectivity index (χ1) is 10.2. The molecule has 3 aliphatic rings. The number of hydrogen-bond acceptors (Lipinski definition) is 4. The van der Waals surface area contributed by atoms with E-state index >= 15 is 0 Å². The Hall–Kier alpha value is -0.0700. The zero-order valence-corrected chi connectivity index (χ0v) is 15.7. The highest BCUT2D eigenvalue weighted by atomic mass is 35.5. The van der Waals surface area contributed by atoms with Gasteiger partial charge in [-0.15, -0.1) is 24.8 Å². The second-order valence-electron chi connectivity index (χ2n) is 6.74. The molecule has 0 saturated carbocycles. The molecular weight excluding hydrogens is 337 g/mol. The van der Waals surface area contributed by atoms with Crippen molar-refractivity contribution in [2.24, 2.45) is 0 Å². The lowest BCUT2D eigenvalue weighted by Gasteiger charge is -2.43. The van der Waals surface area contributed by atoms with Crippen LogP contribution in [0.2, 0.25) is 0 Å². The van der Waals surface area contributed by atoms with E-state index in [2.05, 4.69) is 15.1 Å². The minimum Gasteiger partial charge on any atom is -0.368 e. The predicted octanol–water partition coefficient (Wildman–Crippen LogP) is 1.69. The van der Waals surface area contributed by atoms with Gasteiger partial charge < -0.3 is 15.0 Å². The van der Waals surface area contributed by atoms with Crippen LogP contribution < -0.4 is 5.32 Å². The zero-order chi connectivity index (χ0) is 14.7. The summed E-state index contributed by atoms with van der Waals surface area (Å²) in [7, 11) is 1.70. The molecule has 0 spiro atoms. The van der Waals surface area contributed by atoms with E-state index in [0.29, 0.717) is 6.04 Å². The Balaban J connectivity index is 0.00000132. The molecule has 1 unspecified atom stereocenters. The van der Waals surface area contributed by atoms with Crippen LogP contribution in [0.4, 0.5) is 0 Å². The quantitative estimate of drug-likeness (QED) is 0.824. The molecule has 1 atom stereocenters. The zero-order valence-electron chi connectivity index (χ0n) is 14.1. The number of carbonyl (C=O) groups is 1. The van der Waals surface area contributed by atoms with Crippen molar-refractivity contribution in [1.82, 2.24) is 15.1 Å². The molecule has 23 heavy (non-hydrogen) atoms. The van der Waals surface area contributed by atoms with Crippen LogP contribution >= 0.6 is 24.8 Å². The standard InChI is InChI=1S/C16H29N3O2.2ClH/c1-21-16(6-8-17-9-7-16)15(20)19-12-4-5-14(13-19)18-10-2-3-11-18;;/h14,17H,2-13H2,1H3;2*1H. The van der Waals surface area contributed by atoms with E-state index in [-0.39, 0.29) is 30.7 Å². The lowest BCUT2D eigenvalue weighted by molar-refractivity contribution is -0.160. The Kier molecular flexibility index (Phi) is 8.59. The number of methoxy groups -OCH3 is 1. The van der Waals surface area contributed by atoms with Gasteiger partial charge in [0.25, 0.3) is 5.91 Å². The first-order valence-electron chi connectivity index (χ1n) is 8.54. The van der Waals surface area contributed by atoms with E-state index in [9.17, 15) is 4.79 Å². The van der Waals surface area contributed by atoms with Crippen LogP contribution in [0.15, 0.2) is 0 Å². The molecule has 5 nitrogen and oxygen atoms in total. The monoisotopic (exact) mass is 367 g/mol. The molecule has 0 aromatic rings. The van der Waals surface area contributed by atoms with Crippen LogP contribution in [0.3, 0.4) is 0 Å². The fourth-order valence-corrected chi connectivity index (χ4v) is 4.17. The van der Waals surface area contributed by atoms with Gasteiger partial charge in [0.2, 0.25) is 0 Å². The Bertz CT molecular complexity index is 372. The van der Waals surface area contributed by atoms with Gasteiger partial charge in [-0.25, -0.2) is 0 Å². The number of hydrogen-bond donors (Lipinski definition) is 1. The molecule has 0 radical (unpaired) electrons. The van der Waals surface area contributed by atoms with Crippen molar-refractivity contribution in [2.45, 2.75) is 50.2 Å². The smallest absolute Gasteiger partial charge is 0.254 e. The molecule has 0 aromatic carbocycles. The van der Waals surface area contributed by atoms with Gasteiger partial charge in [0, 0.05) is 26.2 Å². The number of amides is 1. The summed E-state index contributed by atoms with van der Waals surface area (Å²) in [5, 5.41) is 3.33. The van der Waals surface area contributed by atoms with Crippen LogP contribution in [0, 0.1) is 0 Å². The molecule has 7 heteroatoms. The second kappa shape index (κ2) is 9.42. The summed E-state index contributed by atoms with van der Waals surface area (Å²) in [5.41, 5.74) is -0.571. The molecule has 0 aliphatic carbocycles. The molecule has 3 rings (SSSR count). The number of nitrogens with zero attached hydrogens (tertiary/aromatic N) is 2. The highest BCUT2D eigenvalue weighted by molar-refractivity contribution is 5.86. The normalized spacial score (nSPS) is 27.9. The van der Waals surface area contributed by atoms with Gasteiger partial charge >= 0.3 is 0 Å². The van der Waals surface area contributed by atoms with Crippen molar-refractivity contribution < 1.29 is 9.53 Å². The van der Waals surface area contributed by atoms with E-state index in [1.165, 1.54) is 32.4 Å². The van der Waals surface area contributed by atoms with Crippen molar-refractivity contribution in [3.8, 4) is 0 Å². The number of carbonyl (C=O) groups excluding carboxylic acids is 1. The van der Waals surface area contributed by atoms with E-state index in [1.807, 2.05) is 0 Å². The molecule has 0 aromatic heterocycles. The third kappa shape index (κ3) is 4.51. The fourth-order valence-electron chi connectivity index (χ4n) is 4.17. The minimum absolute atomic E-state index is 0. The van der Waals surface area contributed by atoms with Gasteiger partial charge in [0.15, 0.2) is 0 Å². The van der Waals surface area contributed by atoms with Gasteiger partial charge in [-0.2, -0.15) is 0 Å². The van der Waals surface area contributed by atoms with Crippen LogP contribution in [0.1, 0.15) is 38.5 Å². The second-order valence-corrected chi connectivity index (χ2v) is 6.74. The molecule has 3 heterocycles. The summed E-state index contributed by atoms with van der Waals surface area (Å²) in [6.45, 7) is 5.99. The summed E-state index contributed by atoms with van der Waals surface area (Å²) in [5.74, 6) is 0.232. The Labute approximate surface area is 152 Å². The fraction of sp³-hybridized carbons (Fsp3) is 0.938. The van der Waals surface area contributed by atoms with E-state index in [1.54, 1.807) is 7.11 Å². The van der Waals surface area contributed by atoms with Crippen molar-refractivity contribution in [2.75, 3.05) is 46.4 Å². The third-order valence-corrected chi connectivity index (χ3v) is 5.53. The molecule has 3 fully saturated rings. The highest BCUT2D eigenvalue weighted by Crippen LogP contribution is 2.28. The number of nitrogens with one attached hydrogen (secondary N) is 1. The molecule has 3 saturated heterocycles. The predicted molar refractivity (Wildman–Crippen MR) is 96.7 cm³/mol.